The van der Waals surface area contributed by atoms with Crippen LogP contribution in [0.25, 0.3) is 0 Å². The van der Waals surface area contributed by atoms with Crippen molar-refractivity contribution >= 4 is 0 Å². The van der Waals surface area contributed by atoms with Crippen LogP contribution in [0, 0.1) is 23.7 Å². The fourth-order valence-electron chi connectivity index (χ4n) is 5.23. The minimum absolute atomic E-state index is 0.216. The van der Waals surface area contributed by atoms with Gasteiger partial charge in [-0.05, 0) is 44.9 Å². The summed E-state index contributed by atoms with van der Waals surface area (Å²) in [7, 11) is 0. The third-order valence-electron chi connectivity index (χ3n) is 6.43. The maximum absolute atomic E-state index is 6.25. The molecular weight excluding hydrogens is 284 g/mol. The third-order valence-corrected chi connectivity index (χ3v) is 6.43. The van der Waals surface area contributed by atoms with E-state index in [1.165, 1.54) is 6.42 Å². The van der Waals surface area contributed by atoms with E-state index in [4.69, 9.17) is 24.0 Å². The predicted molar refractivity (Wildman–Crippen MR) is 78.5 cm³/mol. The maximum atomic E-state index is 6.25. The number of ether oxygens (including phenoxy) is 3. The first-order chi connectivity index (χ1) is 10.5. The van der Waals surface area contributed by atoms with Gasteiger partial charge >= 0.3 is 0 Å². The van der Waals surface area contributed by atoms with Crippen molar-refractivity contribution in [2.24, 2.45) is 23.7 Å². The molecule has 5 aliphatic rings. The van der Waals surface area contributed by atoms with Crippen molar-refractivity contribution in [3.05, 3.63) is 0 Å². The molecule has 1 spiro atoms. The van der Waals surface area contributed by atoms with E-state index in [0.717, 1.165) is 19.3 Å². The van der Waals surface area contributed by atoms with Crippen LogP contribution in [-0.2, 0) is 24.0 Å². The lowest BCUT2D eigenvalue weighted by atomic mass is 9.58. The molecule has 0 aromatic heterocycles. The number of hydrogen-bond acceptors (Lipinski definition) is 5. The van der Waals surface area contributed by atoms with Crippen molar-refractivity contribution in [2.75, 3.05) is 6.61 Å². The Bertz CT molecular complexity index is 443. The van der Waals surface area contributed by atoms with Gasteiger partial charge in [0.25, 0.3) is 0 Å². The van der Waals surface area contributed by atoms with Gasteiger partial charge in [-0.2, -0.15) is 0 Å². The minimum Gasteiger partial charge on any atom is -0.353 e. The SMILES string of the molecule is CCO[C@H]1O[C@@H]2O[C@]3(C)CC[C@H]4[C@H](C)CCC([C@H]1C)C24OO3. The second-order valence-corrected chi connectivity index (χ2v) is 7.73. The van der Waals surface area contributed by atoms with Gasteiger partial charge in [0.05, 0.1) is 0 Å². The van der Waals surface area contributed by atoms with Gasteiger partial charge in [0.15, 0.2) is 18.2 Å². The van der Waals surface area contributed by atoms with Gasteiger partial charge < -0.3 is 14.2 Å². The van der Waals surface area contributed by atoms with Gasteiger partial charge in [-0.1, -0.05) is 13.8 Å². The van der Waals surface area contributed by atoms with E-state index >= 15 is 0 Å². The van der Waals surface area contributed by atoms with Crippen molar-refractivity contribution in [2.45, 2.75) is 77.3 Å². The summed E-state index contributed by atoms with van der Waals surface area (Å²) in [5, 5.41) is 0. The fraction of sp³-hybridized carbons (Fsp3) is 1.00. The second-order valence-electron chi connectivity index (χ2n) is 7.73. The Kier molecular flexibility index (Phi) is 3.59. The highest BCUT2D eigenvalue weighted by Crippen LogP contribution is 2.60. The van der Waals surface area contributed by atoms with Crippen LogP contribution >= 0.6 is 0 Å². The summed E-state index contributed by atoms with van der Waals surface area (Å²) in [5.74, 6) is 0.957. The summed E-state index contributed by atoms with van der Waals surface area (Å²) < 4.78 is 18.3. The van der Waals surface area contributed by atoms with E-state index in [1.807, 2.05) is 13.8 Å². The van der Waals surface area contributed by atoms with E-state index in [1.54, 1.807) is 0 Å². The lowest BCUT2D eigenvalue weighted by molar-refractivity contribution is -0.577. The molecule has 1 aliphatic carbocycles. The summed E-state index contributed by atoms with van der Waals surface area (Å²) >= 11 is 0. The normalized spacial score (nSPS) is 57.3. The molecular formula is C17H28O5. The van der Waals surface area contributed by atoms with Crippen LogP contribution in [0.15, 0.2) is 0 Å². The summed E-state index contributed by atoms with van der Waals surface area (Å²) in [6.07, 6.45) is 3.66. The van der Waals surface area contributed by atoms with E-state index in [-0.39, 0.29) is 18.5 Å². The Morgan fingerprint density at radius 3 is 2.68 bits per heavy atom. The highest BCUT2D eigenvalue weighted by molar-refractivity contribution is 5.09. The van der Waals surface area contributed by atoms with Gasteiger partial charge in [0.2, 0.25) is 5.79 Å². The summed E-state index contributed by atoms with van der Waals surface area (Å²) in [6, 6.07) is 0. The Hall–Kier alpha value is -0.200. The Morgan fingerprint density at radius 1 is 1.09 bits per heavy atom. The van der Waals surface area contributed by atoms with Crippen molar-refractivity contribution in [1.82, 2.24) is 0 Å². The lowest BCUT2D eigenvalue weighted by Gasteiger charge is -2.60. The highest BCUT2D eigenvalue weighted by Gasteiger charge is 2.69. The quantitative estimate of drug-likeness (QED) is 0.733. The lowest BCUT2D eigenvalue weighted by Crippen LogP contribution is -2.70. The second kappa shape index (κ2) is 5.15. The van der Waals surface area contributed by atoms with Gasteiger partial charge in [-0.3, -0.25) is 0 Å². The first kappa shape index (κ1) is 15.3. The zero-order valence-electron chi connectivity index (χ0n) is 14.0. The number of rotatable bonds is 2. The van der Waals surface area contributed by atoms with Gasteiger partial charge in [-0.25, -0.2) is 9.78 Å². The standard InChI is InChI=1S/C17H28O5/c1-5-18-14-11(3)13-7-6-10(2)12-8-9-16(4)20-15(19-14)17(12,13)22-21-16/h10-15H,5-9H2,1-4H3/t10-,11-,12+,13?,14+,15-,16+,17?/m1/s1. The predicted octanol–water partition coefficient (Wildman–Crippen LogP) is 3.23. The number of hydrogen-bond donors (Lipinski definition) is 0. The van der Waals surface area contributed by atoms with Crippen LogP contribution in [0.1, 0.15) is 53.4 Å². The van der Waals surface area contributed by atoms with E-state index < -0.39 is 11.4 Å². The molecule has 4 saturated heterocycles. The smallest absolute Gasteiger partial charge is 0.201 e. The van der Waals surface area contributed by atoms with E-state index in [2.05, 4.69) is 13.8 Å². The Morgan fingerprint density at radius 2 is 1.91 bits per heavy atom. The molecule has 5 fully saturated rings. The van der Waals surface area contributed by atoms with Crippen molar-refractivity contribution in [1.29, 1.82) is 0 Å². The molecule has 8 atom stereocenters. The zero-order valence-corrected chi connectivity index (χ0v) is 14.0. The van der Waals surface area contributed by atoms with Crippen molar-refractivity contribution in [3.8, 4) is 0 Å². The molecule has 5 heteroatoms. The van der Waals surface area contributed by atoms with Crippen molar-refractivity contribution in [3.63, 3.8) is 0 Å². The number of fused-ring (bicyclic) bond motifs is 2. The van der Waals surface area contributed by atoms with Crippen LogP contribution in [0.2, 0.25) is 0 Å². The van der Waals surface area contributed by atoms with Crippen LogP contribution in [0.5, 0.6) is 0 Å². The molecule has 2 bridgehead atoms. The zero-order chi connectivity index (χ0) is 15.5. The summed E-state index contributed by atoms with van der Waals surface area (Å²) in [5.41, 5.74) is -0.472. The highest BCUT2D eigenvalue weighted by atomic mass is 17.3. The minimum atomic E-state index is -0.700. The largest absolute Gasteiger partial charge is 0.353 e. The van der Waals surface area contributed by atoms with Gasteiger partial charge in [-0.15, -0.1) is 0 Å². The van der Waals surface area contributed by atoms with Gasteiger partial charge in [0.1, 0.15) is 0 Å². The molecule has 0 aromatic rings. The van der Waals surface area contributed by atoms with Gasteiger partial charge in [0, 0.05) is 24.9 Å². The summed E-state index contributed by atoms with van der Waals surface area (Å²) in [4.78, 5) is 11.9. The maximum Gasteiger partial charge on any atom is 0.201 e. The van der Waals surface area contributed by atoms with Crippen LogP contribution in [-0.4, -0.2) is 30.6 Å². The molecule has 5 nitrogen and oxygen atoms in total. The molecule has 0 aromatic carbocycles. The molecule has 0 amide bonds. The molecule has 0 radical (unpaired) electrons. The molecule has 4 heterocycles. The molecule has 5 rings (SSSR count). The third kappa shape index (κ3) is 1.96. The first-order valence-electron chi connectivity index (χ1n) is 8.82. The fourth-order valence-corrected chi connectivity index (χ4v) is 5.23. The molecule has 0 N–H and O–H groups in total. The molecule has 22 heavy (non-hydrogen) atoms. The molecule has 4 aliphatic heterocycles. The molecule has 1 saturated carbocycles. The van der Waals surface area contributed by atoms with E-state index in [9.17, 15) is 0 Å². The van der Waals surface area contributed by atoms with Crippen LogP contribution in [0.4, 0.5) is 0 Å². The van der Waals surface area contributed by atoms with E-state index in [0.29, 0.717) is 24.4 Å². The molecule has 2 unspecified atom stereocenters. The average Bonchev–Trinajstić information content (AvgIpc) is 2.71. The van der Waals surface area contributed by atoms with Crippen LogP contribution < -0.4 is 0 Å². The average molecular weight is 312 g/mol. The Balaban J connectivity index is 1.75. The monoisotopic (exact) mass is 312 g/mol. The first-order valence-corrected chi connectivity index (χ1v) is 8.82. The van der Waals surface area contributed by atoms with Crippen molar-refractivity contribution < 1.29 is 24.0 Å². The Labute approximate surface area is 132 Å². The topological polar surface area (TPSA) is 46.2 Å². The molecule has 126 valence electrons. The summed E-state index contributed by atoms with van der Waals surface area (Å²) in [6.45, 7) is 9.15. The van der Waals surface area contributed by atoms with Crippen LogP contribution in [0.3, 0.4) is 0 Å².